The van der Waals surface area contributed by atoms with Crippen molar-refractivity contribution in [1.29, 1.82) is 0 Å². The molecule has 1 aromatic carbocycles. The molecule has 1 amide bonds. The zero-order valence-electron chi connectivity index (χ0n) is 15.7. The Morgan fingerprint density at radius 3 is 2.62 bits per heavy atom. The highest BCUT2D eigenvalue weighted by molar-refractivity contribution is 5.93. The van der Waals surface area contributed by atoms with E-state index in [4.69, 9.17) is 4.74 Å². The second kappa shape index (κ2) is 6.87. The van der Waals surface area contributed by atoms with E-state index in [1.807, 2.05) is 51.1 Å². The Bertz CT molecular complexity index is 883. The van der Waals surface area contributed by atoms with Gasteiger partial charge in [0.2, 0.25) is 0 Å². The number of hydrogen-bond acceptors (Lipinski definition) is 2. The number of para-hydroxylation sites is 1. The van der Waals surface area contributed by atoms with E-state index in [0.29, 0.717) is 13.1 Å². The highest BCUT2D eigenvalue weighted by atomic mass is 16.6. The molecule has 0 fully saturated rings. The molecule has 0 aliphatic carbocycles. The van der Waals surface area contributed by atoms with E-state index in [1.54, 1.807) is 4.90 Å². The standard InChI is InChI=1S/C22H26N2O2/c1-6-17-18-12-8-9-13-20(18)24(19(17)7-2)16-11-10-14-23(15-16)21(25)26-22(3,4)5/h6-13,16H,1-2,14-15H2,3-5H3. The summed E-state index contributed by atoms with van der Waals surface area (Å²) in [5.74, 6) is 0. The largest absolute Gasteiger partial charge is 0.444 e. The van der Waals surface area contributed by atoms with E-state index in [9.17, 15) is 4.79 Å². The Morgan fingerprint density at radius 2 is 1.96 bits per heavy atom. The quantitative estimate of drug-likeness (QED) is 0.706. The molecule has 0 bridgehead atoms. The third kappa shape index (κ3) is 3.32. The second-order valence-corrected chi connectivity index (χ2v) is 7.48. The number of carbonyl (C=O) groups is 1. The molecule has 4 heteroatoms. The maximum Gasteiger partial charge on any atom is 0.410 e. The predicted octanol–water partition coefficient (Wildman–Crippen LogP) is 5.28. The van der Waals surface area contributed by atoms with Crippen LogP contribution in [-0.4, -0.2) is 34.3 Å². The Balaban J connectivity index is 2.00. The number of nitrogens with zero attached hydrogens (tertiary/aromatic N) is 2. The molecule has 1 aromatic heterocycles. The predicted molar refractivity (Wildman–Crippen MR) is 108 cm³/mol. The number of amides is 1. The minimum Gasteiger partial charge on any atom is -0.444 e. The number of ether oxygens (including phenoxy) is 1. The summed E-state index contributed by atoms with van der Waals surface area (Å²) < 4.78 is 7.77. The van der Waals surface area contributed by atoms with Crippen molar-refractivity contribution in [2.24, 2.45) is 0 Å². The molecule has 4 nitrogen and oxygen atoms in total. The molecule has 3 rings (SSSR count). The summed E-state index contributed by atoms with van der Waals surface area (Å²) in [6.07, 6.45) is 7.61. The molecule has 136 valence electrons. The van der Waals surface area contributed by atoms with Crippen molar-refractivity contribution in [3.63, 3.8) is 0 Å². The molecule has 1 aliphatic rings. The molecule has 0 radical (unpaired) electrons. The van der Waals surface area contributed by atoms with Gasteiger partial charge < -0.3 is 14.2 Å². The van der Waals surface area contributed by atoms with Crippen LogP contribution in [0.15, 0.2) is 49.6 Å². The molecule has 1 unspecified atom stereocenters. The van der Waals surface area contributed by atoms with Gasteiger partial charge in [-0.15, -0.1) is 0 Å². The van der Waals surface area contributed by atoms with Gasteiger partial charge in [0.05, 0.1) is 6.04 Å². The van der Waals surface area contributed by atoms with Gasteiger partial charge in [0.15, 0.2) is 0 Å². The molecule has 0 saturated carbocycles. The summed E-state index contributed by atoms with van der Waals surface area (Å²) in [6, 6.07) is 8.25. The minimum atomic E-state index is -0.504. The molecular weight excluding hydrogens is 324 g/mol. The van der Waals surface area contributed by atoms with Crippen LogP contribution in [0.25, 0.3) is 23.1 Å². The first-order valence-corrected chi connectivity index (χ1v) is 8.88. The first-order valence-electron chi connectivity index (χ1n) is 8.88. The van der Waals surface area contributed by atoms with Crippen LogP contribution in [0.5, 0.6) is 0 Å². The molecular formula is C22H26N2O2. The van der Waals surface area contributed by atoms with E-state index in [0.717, 1.165) is 22.2 Å². The SMILES string of the molecule is C=Cc1c(C=C)n(C2C=CCN(C(=O)OC(C)(C)C)C2)c2ccccc12. The number of rotatable bonds is 3. The second-order valence-electron chi connectivity index (χ2n) is 7.48. The van der Waals surface area contributed by atoms with Crippen molar-refractivity contribution < 1.29 is 9.53 Å². The van der Waals surface area contributed by atoms with Crippen molar-refractivity contribution >= 4 is 29.1 Å². The van der Waals surface area contributed by atoms with Gasteiger partial charge in [0.1, 0.15) is 5.60 Å². The van der Waals surface area contributed by atoms with Gasteiger partial charge in [-0.2, -0.15) is 0 Å². The molecule has 2 heterocycles. The van der Waals surface area contributed by atoms with Crippen LogP contribution in [0.1, 0.15) is 38.1 Å². The van der Waals surface area contributed by atoms with Crippen molar-refractivity contribution in [2.45, 2.75) is 32.4 Å². The highest BCUT2D eigenvalue weighted by Crippen LogP contribution is 2.33. The molecule has 0 saturated heterocycles. The lowest BCUT2D eigenvalue weighted by Crippen LogP contribution is -2.41. The average Bonchev–Trinajstić information content (AvgIpc) is 2.93. The van der Waals surface area contributed by atoms with Crippen molar-refractivity contribution in [3.8, 4) is 0 Å². The van der Waals surface area contributed by atoms with Crippen LogP contribution >= 0.6 is 0 Å². The lowest BCUT2D eigenvalue weighted by Gasteiger charge is -2.32. The summed E-state index contributed by atoms with van der Waals surface area (Å²) in [5.41, 5.74) is 2.69. The zero-order valence-corrected chi connectivity index (χ0v) is 15.7. The number of benzene rings is 1. The third-order valence-corrected chi connectivity index (χ3v) is 4.46. The van der Waals surface area contributed by atoms with Gasteiger partial charge in [-0.05, 0) is 32.9 Å². The molecule has 1 aliphatic heterocycles. The maximum absolute atomic E-state index is 12.5. The molecule has 0 spiro atoms. The summed E-state index contributed by atoms with van der Waals surface area (Å²) in [4.78, 5) is 14.2. The summed E-state index contributed by atoms with van der Waals surface area (Å²) in [6.45, 7) is 14.7. The molecule has 2 aromatic rings. The number of hydrogen-bond donors (Lipinski definition) is 0. The lowest BCUT2D eigenvalue weighted by molar-refractivity contribution is 0.0248. The Labute approximate surface area is 155 Å². The van der Waals surface area contributed by atoms with Crippen LogP contribution in [0, 0.1) is 0 Å². The molecule has 26 heavy (non-hydrogen) atoms. The summed E-state index contributed by atoms with van der Waals surface area (Å²) >= 11 is 0. The summed E-state index contributed by atoms with van der Waals surface area (Å²) in [7, 11) is 0. The van der Waals surface area contributed by atoms with Gasteiger partial charge in [-0.3, -0.25) is 0 Å². The van der Waals surface area contributed by atoms with Crippen LogP contribution in [0.4, 0.5) is 4.79 Å². The highest BCUT2D eigenvalue weighted by Gasteiger charge is 2.28. The van der Waals surface area contributed by atoms with Gasteiger partial charge in [0, 0.05) is 35.2 Å². The van der Waals surface area contributed by atoms with Gasteiger partial charge in [-0.1, -0.05) is 49.6 Å². The fraction of sp³-hybridized carbons (Fsp3) is 0.318. The Hall–Kier alpha value is -2.75. The molecule has 1 atom stereocenters. The van der Waals surface area contributed by atoms with Crippen LogP contribution in [0.2, 0.25) is 0 Å². The lowest BCUT2D eigenvalue weighted by atomic mass is 10.1. The van der Waals surface area contributed by atoms with Crippen LogP contribution in [0.3, 0.4) is 0 Å². The van der Waals surface area contributed by atoms with E-state index in [2.05, 4.69) is 35.9 Å². The Morgan fingerprint density at radius 1 is 1.23 bits per heavy atom. The van der Waals surface area contributed by atoms with E-state index in [-0.39, 0.29) is 12.1 Å². The Kier molecular flexibility index (Phi) is 4.77. The third-order valence-electron chi connectivity index (χ3n) is 4.46. The fourth-order valence-electron chi connectivity index (χ4n) is 3.44. The number of fused-ring (bicyclic) bond motifs is 1. The monoisotopic (exact) mass is 350 g/mol. The van der Waals surface area contributed by atoms with Crippen LogP contribution < -0.4 is 0 Å². The van der Waals surface area contributed by atoms with Crippen LogP contribution in [-0.2, 0) is 4.74 Å². The normalized spacial score (nSPS) is 17.3. The van der Waals surface area contributed by atoms with Gasteiger partial charge in [-0.25, -0.2) is 4.79 Å². The average molecular weight is 350 g/mol. The smallest absolute Gasteiger partial charge is 0.410 e. The zero-order chi connectivity index (χ0) is 18.9. The first-order chi connectivity index (χ1) is 12.4. The fourth-order valence-corrected chi connectivity index (χ4v) is 3.44. The van der Waals surface area contributed by atoms with E-state index in [1.165, 1.54) is 0 Å². The number of carbonyl (C=O) groups excluding carboxylic acids is 1. The van der Waals surface area contributed by atoms with E-state index < -0.39 is 5.60 Å². The molecule has 0 N–H and O–H groups in total. The maximum atomic E-state index is 12.5. The topological polar surface area (TPSA) is 34.5 Å². The van der Waals surface area contributed by atoms with Crippen molar-refractivity contribution in [3.05, 3.63) is 60.8 Å². The van der Waals surface area contributed by atoms with Gasteiger partial charge in [0.25, 0.3) is 0 Å². The first kappa shape index (κ1) is 18.1. The minimum absolute atomic E-state index is 0.0165. The van der Waals surface area contributed by atoms with E-state index >= 15 is 0 Å². The number of aromatic nitrogens is 1. The van der Waals surface area contributed by atoms with Gasteiger partial charge >= 0.3 is 6.09 Å². The van der Waals surface area contributed by atoms with Crippen molar-refractivity contribution in [1.82, 2.24) is 9.47 Å². The summed E-state index contributed by atoms with van der Waals surface area (Å²) in [5, 5.41) is 1.14. The van der Waals surface area contributed by atoms with Crippen molar-refractivity contribution in [2.75, 3.05) is 13.1 Å².